The van der Waals surface area contributed by atoms with Crippen molar-refractivity contribution in [2.75, 3.05) is 13.1 Å². The molecular weight excluding hydrogens is 439 g/mol. The SMILES string of the molecule is O=C(O)C(F)(F)F.O=S1(=O)c2ccc(-c3ccsc3)cc2C2CN(C3CCC3)CC21. The summed E-state index contributed by atoms with van der Waals surface area (Å²) in [4.78, 5) is 11.9. The van der Waals surface area contributed by atoms with E-state index in [1.807, 2.05) is 12.1 Å². The van der Waals surface area contributed by atoms with Gasteiger partial charge in [-0.2, -0.15) is 24.5 Å². The van der Waals surface area contributed by atoms with Crippen LogP contribution in [0.5, 0.6) is 0 Å². The van der Waals surface area contributed by atoms with Gasteiger partial charge in [-0.25, -0.2) is 13.2 Å². The van der Waals surface area contributed by atoms with Gasteiger partial charge < -0.3 is 5.11 Å². The number of benzene rings is 1. The summed E-state index contributed by atoms with van der Waals surface area (Å²) in [5.41, 5.74) is 3.39. The van der Waals surface area contributed by atoms with Crippen molar-refractivity contribution in [1.82, 2.24) is 4.90 Å². The molecule has 30 heavy (non-hydrogen) atoms. The molecule has 2 aromatic rings. The normalized spacial score (nSPS) is 25.0. The molecular formula is C20H20F3NO4S2. The van der Waals surface area contributed by atoms with Crippen molar-refractivity contribution in [2.24, 2.45) is 0 Å². The first-order chi connectivity index (χ1) is 14.1. The third-order valence-corrected chi connectivity index (χ3v) is 9.04. The van der Waals surface area contributed by atoms with Gasteiger partial charge in [-0.1, -0.05) is 12.5 Å². The molecule has 2 unspecified atom stereocenters. The molecule has 1 N–H and O–H groups in total. The maximum Gasteiger partial charge on any atom is 0.490 e. The second-order valence-corrected chi connectivity index (χ2v) is 10.7. The summed E-state index contributed by atoms with van der Waals surface area (Å²) in [5.74, 6) is -2.60. The smallest absolute Gasteiger partial charge is 0.475 e. The number of alkyl halides is 3. The molecule has 1 saturated heterocycles. The summed E-state index contributed by atoms with van der Waals surface area (Å²) in [7, 11) is -3.16. The highest BCUT2D eigenvalue weighted by atomic mass is 32.2. The number of carboxylic acid groups (broad SMARTS) is 1. The van der Waals surface area contributed by atoms with Crippen molar-refractivity contribution in [1.29, 1.82) is 0 Å². The van der Waals surface area contributed by atoms with Crippen LogP contribution in [0.1, 0.15) is 30.7 Å². The van der Waals surface area contributed by atoms with E-state index in [4.69, 9.17) is 9.90 Å². The van der Waals surface area contributed by atoms with Gasteiger partial charge in [0.25, 0.3) is 0 Å². The van der Waals surface area contributed by atoms with Gasteiger partial charge in [0.05, 0.1) is 10.1 Å². The molecule has 10 heteroatoms. The zero-order chi connectivity index (χ0) is 21.7. The van der Waals surface area contributed by atoms with Crippen LogP contribution in [0.15, 0.2) is 39.9 Å². The van der Waals surface area contributed by atoms with Gasteiger partial charge in [-0.15, -0.1) is 0 Å². The number of halogens is 3. The summed E-state index contributed by atoms with van der Waals surface area (Å²) in [5, 5.41) is 11.1. The molecule has 1 aromatic heterocycles. The van der Waals surface area contributed by atoms with Crippen LogP contribution in [0.4, 0.5) is 13.2 Å². The highest BCUT2D eigenvalue weighted by molar-refractivity contribution is 7.92. The number of hydrogen-bond donors (Lipinski definition) is 1. The monoisotopic (exact) mass is 459 g/mol. The Bertz CT molecular complexity index is 1050. The summed E-state index contributed by atoms with van der Waals surface area (Å²) in [6.45, 7) is 1.63. The third kappa shape index (κ3) is 3.76. The number of fused-ring (bicyclic) bond motifs is 3. The second kappa shape index (κ2) is 7.65. The molecule has 0 amide bonds. The van der Waals surface area contributed by atoms with E-state index in [2.05, 4.69) is 27.8 Å². The minimum absolute atomic E-state index is 0.161. The molecule has 2 fully saturated rings. The fourth-order valence-corrected chi connectivity index (χ4v) is 7.18. The van der Waals surface area contributed by atoms with Gasteiger partial charge >= 0.3 is 12.1 Å². The second-order valence-electron chi connectivity index (χ2n) is 7.80. The number of carbonyl (C=O) groups is 1. The first kappa shape index (κ1) is 21.3. The van der Waals surface area contributed by atoms with Gasteiger partial charge in [0.2, 0.25) is 0 Å². The molecule has 162 valence electrons. The van der Waals surface area contributed by atoms with Crippen molar-refractivity contribution in [3.63, 3.8) is 0 Å². The lowest BCUT2D eigenvalue weighted by molar-refractivity contribution is -0.192. The lowest BCUT2D eigenvalue weighted by atomic mass is 9.91. The molecule has 5 nitrogen and oxygen atoms in total. The summed E-state index contributed by atoms with van der Waals surface area (Å²) >= 11 is 1.68. The Morgan fingerprint density at radius 2 is 1.83 bits per heavy atom. The van der Waals surface area contributed by atoms with E-state index >= 15 is 0 Å². The number of likely N-dealkylation sites (tertiary alicyclic amines) is 1. The van der Waals surface area contributed by atoms with Crippen molar-refractivity contribution in [3.05, 3.63) is 40.6 Å². The molecule has 2 atom stereocenters. The van der Waals surface area contributed by atoms with Gasteiger partial charge in [0.1, 0.15) is 0 Å². The predicted octanol–water partition coefficient (Wildman–Crippen LogP) is 4.16. The van der Waals surface area contributed by atoms with Gasteiger partial charge in [0, 0.05) is 25.0 Å². The number of rotatable bonds is 2. The van der Waals surface area contributed by atoms with Crippen LogP contribution in [-0.4, -0.2) is 55.0 Å². The number of nitrogens with zero attached hydrogens (tertiary/aromatic N) is 1. The first-order valence-corrected chi connectivity index (χ1v) is 12.0. The van der Waals surface area contributed by atoms with Crippen LogP contribution in [0.25, 0.3) is 11.1 Å². The standard InChI is InChI=1S/C18H19NO2S2.C2HF3O2/c20-23(21)17-5-4-12(13-6-7-22-11-13)8-15(17)16-9-19(10-18(16)23)14-2-1-3-14;3-2(4,5)1(6)7/h4-8,11,14,16,18H,1-3,9-10H2;(H,6,7). The Labute approximate surface area is 176 Å². The van der Waals surface area contributed by atoms with E-state index in [1.54, 1.807) is 11.3 Å². The summed E-state index contributed by atoms with van der Waals surface area (Å²) < 4.78 is 57.6. The number of aliphatic carboxylic acids is 1. The van der Waals surface area contributed by atoms with E-state index in [9.17, 15) is 21.6 Å². The minimum atomic E-state index is -5.08. The lowest BCUT2D eigenvalue weighted by Gasteiger charge is -2.35. The van der Waals surface area contributed by atoms with Crippen LogP contribution >= 0.6 is 11.3 Å². The Hall–Kier alpha value is -1.91. The Balaban J connectivity index is 0.000000272. The van der Waals surface area contributed by atoms with E-state index in [1.165, 1.54) is 24.8 Å². The first-order valence-electron chi connectivity index (χ1n) is 9.53. The molecule has 1 saturated carbocycles. The van der Waals surface area contributed by atoms with Crippen molar-refractivity contribution in [3.8, 4) is 11.1 Å². The highest BCUT2D eigenvalue weighted by Crippen LogP contribution is 2.47. The number of thiophene rings is 1. The maximum atomic E-state index is 12.9. The quantitative estimate of drug-likeness (QED) is 0.730. The van der Waals surface area contributed by atoms with E-state index in [0.29, 0.717) is 10.9 Å². The van der Waals surface area contributed by atoms with Crippen LogP contribution in [0.2, 0.25) is 0 Å². The number of hydrogen-bond acceptors (Lipinski definition) is 5. The fourth-order valence-electron chi connectivity index (χ4n) is 4.33. The molecule has 0 radical (unpaired) electrons. The average molecular weight is 460 g/mol. The topological polar surface area (TPSA) is 74.7 Å². The zero-order valence-corrected chi connectivity index (χ0v) is 17.4. The molecule has 3 heterocycles. The molecule has 0 spiro atoms. The predicted molar refractivity (Wildman–Crippen MR) is 106 cm³/mol. The minimum Gasteiger partial charge on any atom is -0.475 e. The summed E-state index contributed by atoms with van der Waals surface area (Å²) in [6.07, 6.45) is -1.31. The Morgan fingerprint density at radius 3 is 2.37 bits per heavy atom. The van der Waals surface area contributed by atoms with Crippen LogP contribution < -0.4 is 0 Å². The maximum absolute atomic E-state index is 12.9. The number of carboxylic acids is 1. The largest absolute Gasteiger partial charge is 0.490 e. The zero-order valence-electron chi connectivity index (χ0n) is 15.8. The number of sulfone groups is 1. The van der Waals surface area contributed by atoms with Gasteiger partial charge in [0.15, 0.2) is 9.84 Å². The molecule has 3 aliphatic rings. The van der Waals surface area contributed by atoms with E-state index in [-0.39, 0.29) is 11.2 Å². The molecule has 5 rings (SSSR count). The van der Waals surface area contributed by atoms with E-state index < -0.39 is 22.0 Å². The van der Waals surface area contributed by atoms with Crippen LogP contribution in [0, 0.1) is 0 Å². The molecule has 2 aliphatic heterocycles. The van der Waals surface area contributed by atoms with Crippen molar-refractivity contribution in [2.45, 2.75) is 47.5 Å². The van der Waals surface area contributed by atoms with E-state index in [0.717, 1.165) is 24.2 Å². The van der Waals surface area contributed by atoms with Crippen LogP contribution in [-0.2, 0) is 14.6 Å². The van der Waals surface area contributed by atoms with Crippen LogP contribution in [0.3, 0.4) is 0 Å². The lowest BCUT2D eigenvalue weighted by Crippen LogP contribution is -2.39. The molecule has 1 aliphatic carbocycles. The summed E-state index contributed by atoms with van der Waals surface area (Å²) in [6, 6.07) is 8.65. The fraction of sp³-hybridized carbons (Fsp3) is 0.450. The molecule has 0 bridgehead atoms. The highest BCUT2D eigenvalue weighted by Gasteiger charge is 2.51. The third-order valence-electron chi connectivity index (χ3n) is 6.10. The molecule has 1 aromatic carbocycles. The average Bonchev–Trinajstić information content (AvgIpc) is 3.32. The Morgan fingerprint density at radius 1 is 1.13 bits per heavy atom. The van der Waals surface area contributed by atoms with Gasteiger partial charge in [-0.3, -0.25) is 4.90 Å². The van der Waals surface area contributed by atoms with Crippen molar-refractivity contribution < 1.29 is 31.5 Å². The van der Waals surface area contributed by atoms with Gasteiger partial charge in [-0.05, 0) is 58.5 Å². The Kier molecular flexibility index (Phi) is 5.44. The van der Waals surface area contributed by atoms with Crippen molar-refractivity contribution >= 4 is 27.1 Å².